The number of amides is 2. The summed E-state index contributed by atoms with van der Waals surface area (Å²) in [5.74, 6) is 5.08. The quantitative estimate of drug-likeness (QED) is 0.282. The van der Waals surface area contributed by atoms with E-state index in [9.17, 15) is 14.4 Å². The standard InChI is InChI=1S/C19H26N2O2.C10H20N2O2.C9H6O.CH4O/c1-5-15-6-8-16(9-7-15)14-20-17-10-12-21(13-11-17)18(22)23-19(2,3)4;1-10(2,3)14-9(13)12-6-4-8(11)5-7-12;1-2-8-3-5-9(7-10)6-4-8;1-2/h1,6-9,17,20H,10-14H2,2-4H3;8H,4-7,11H2,1-3H3;1,3-7H;2H,1H3. The minimum Gasteiger partial charge on any atom is -0.444 e. The molecule has 2 amide bonds. The second-order valence-corrected chi connectivity index (χ2v) is 13.7. The summed E-state index contributed by atoms with van der Waals surface area (Å²) >= 11 is 0. The van der Waals surface area contributed by atoms with E-state index >= 15 is 0 Å². The van der Waals surface area contributed by atoms with Crippen LogP contribution in [-0.2, 0) is 16.0 Å². The molecule has 2 aromatic rings. The highest BCUT2D eigenvalue weighted by atomic mass is 16.6. The van der Waals surface area contributed by atoms with Gasteiger partial charge in [0.25, 0.3) is 0 Å². The van der Waals surface area contributed by atoms with Crippen molar-refractivity contribution in [2.24, 2.45) is 5.73 Å². The molecule has 0 radical (unpaired) electrons. The fourth-order valence-corrected chi connectivity index (χ4v) is 4.64. The van der Waals surface area contributed by atoms with Crippen LogP contribution in [0, 0.1) is 24.7 Å². The summed E-state index contributed by atoms with van der Waals surface area (Å²) in [7, 11) is 1.00. The van der Waals surface area contributed by atoms with Gasteiger partial charge in [0, 0.05) is 68.6 Å². The van der Waals surface area contributed by atoms with Crippen molar-refractivity contribution in [2.45, 2.75) is 97.1 Å². The van der Waals surface area contributed by atoms with Crippen molar-refractivity contribution in [2.75, 3.05) is 33.3 Å². The Morgan fingerprint density at radius 3 is 1.55 bits per heavy atom. The predicted octanol–water partition coefficient (Wildman–Crippen LogP) is 5.59. The number of carbonyl (C=O) groups excluding carboxylic acids is 3. The molecule has 2 aliphatic heterocycles. The third-order valence-corrected chi connectivity index (χ3v) is 7.27. The number of ether oxygens (including phenoxy) is 2. The number of aldehydes is 1. The number of nitrogens with zero attached hydrogens (tertiary/aromatic N) is 2. The molecular weight excluding hydrogens is 620 g/mol. The fraction of sp³-hybridized carbons (Fsp3) is 0.513. The number of piperidine rings is 2. The summed E-state index contributed by atoms with van der Waals surface area (Å²) in [4.78, 5) is 37.3. The van der Waals surface area contributed by atoms with E-state index in [2.05, 4.69) is 29.3 Å². The molecule has 0 aliphatic carbocycles. The monoisotopic (exact) mass is 676 g/mol. The summed E-state index contributed by atoms with van der Waals surface area (Å²) in [6.45, 7) is 15.0. The van der Waals surface area contributed by atoms with Crippen LogP contribution in [-0.4, -0.2) is 90.0 Å². The van der Waals surface area contributed by atoms with Crippen molar-refractivity contribution in [3.63, 3.8) is 0 Å². The lowest BCUT2D eigenvalue weighted by Gasteiger charge is -2.33. The number of hydrogen-bond donors (Lipinski definition) is 3. The molecule has 0 atom stereocenters. The van der Waals surface area contributed by atoms with Crippen molar-refractivity contribution >= 4 is 18.5 Å². The maximum absolute atomic E-state index is 12.0. The Balaban J connectivity index is 0.000000392. The average Bonchev–Trinajstić information content (AvgIpc) is 3.08. The minimum absolute atomic E-state index is 0.208. The van der Waals surface area contributed by atoms with Gasteiger partial charge >= 0.3 is 12.2 Å². The first-order valence-electron chi connectivity index (χ1n) is 16.6. The third-order valence-electron chi connectivity index (χ3n) is 7.27. The highest BCUT2D eigenvalue weighted by molar-refractivity contribution is 5.74. The Morgan fingerprint density at radius 2 is 1.18 bits per heavy atom. The van der Waals surface area contributed by atoms with Gasteiger partial charge in [-0.3, -0.25) is 4.79 Å². The van der Waals surface area contributed by atoms with Gasteiger partial charge in [0.15, 0.2) is 0 Å². The van der Waals surface area contributed by atoms with Crippen LogP contribution >= 0.6 is 0 Å². The first-order chi connectivity index (χ1) is 23.1. The highest BCUT2D eigenvalue weighted by Crippen LogP contribution is 2.17. The maximum atomic E-state index is 12.0. The number of aliphatic hydroxyl groups is 1. The molecule has 10 nitrogen and oxygen atoms in total. The molecule has 268 valence electrons. The Morgan fingerprint density at radius 1 is 0.796 bits per heavy atom. The molecule has 0 spiro atoms. The van der Waals surface area contributed by atoms with Crippen molar-refractivity contribution in [3.8, 4) is 24.7 Å². The van der Waals surface area contributed by atoms with Crippen LogP contribution < -0.4 is 11.1 Å². The van der Waals surface area contributed by atoms with Gasteiger partial charge in [-0.15, -0.1) is 12.8 Å². The van der Waals surface area contributed by atoms with E-state index in [1.807, 2.05) is 53.7 Å². The molecular formula is C39H56N4O6. The normalized spacial score (nSPS) is 14.9. The van der Waals surface area contributed by atoms with Gasteiger partial charge in [0.1, 0.15) is 17.5 Å². The van der Waals surface area contributed by atoms with Gasteiger partial charge in [0.2, 0.25) is 0 Å². The van der Waals surface area contributed by atoms with Crippen LogP contribution in [0.1, 0.15) is 94.3 Å². The summed E-state index contributed by atoms with van der Waals surface area (Å²) in [5.41, 5.74) is 8.48. The lowest BCUT2D eigenvalue weighted by Crippen LogP contribution is -2.46. The molecule has 2 heterocycles. The van der Waals surface area contributed by atoms with E-state index in [0.29, 0.717) is 11.6 Å². The largest absolute Gasteiger partial charge is 0.444 e. The van der Waals surface area contributed by atoms with Crippen LogP contribution in [0.2, 0.25) is 0 Å². The van der Waals surface area contributed by atoms with Gasteiger partial charge in [-0.2, -0.15) is 0 Å². The number of carbonyl (C=O) groups is 3. The van der Waals surface area contributed by atoms with Gasteiger partial charge in [-0.25, -0.2) is 9.59 Å². The highest BCUT2D eigenvalue weighted by Gasteiger charge is 2.27. The molecule has 2 saturated heterocycles. The summed E-state index contributed by atoms with van der Waals surface area (Å²) in [6.07, 6.45) is 14.5. The van der Waals surface area contributed by atoms with Crippen LogP contribution in [0.15, 0.2) is 48.5 Å². The van der Waals surface area contributed by atoms with Gasteiger partial charge in [-0.1, -0.05) is 36.1 Å². The second-order valence-electron chi connectivity index (χ2n) is 13.7. The van der Waals surface area contributed by atoms with Crippen molar-refractivity contribution in [3.05, 3.63) is 70.8 Å². The van der Waals surface area contributed by atoms with E-state index < -0.39 is 11.2 Å². The predicted molar refractivity (Wildman–Crippen MR) is 195 cm³/mol. The number of aliphatic hydroxyl groups excluding tert-OH is 1. The van der Waals surface area contributed by atoms with Gasteiger partial charge in [-0.05, 0) is 97.1 Å². The van der Waals surface area contributed by atoms with Gasteiger partial charge in [0.05, 0.1) is 0 Å². The Hall–Kier alpha value is -4.35. The summed E-state index contributed by atoms with van der Waals surface area (Å²) < 4.78 is 10.7. The second kappa shape index (κ2) is 21.6. The molecule has 0 aromatic heterocycles. The molecule has 2 aliphatic rings. The fourth-order valence-electron chi connectivity index (χ4n) is 4.64. The number of nitrogens with two attached hydrogens (primary N) is 1. The molecule has 2 fully saturated rings. The number of hydrogen-bond acceptors (Lipinski definition) is 8. The van der Waals surface area contributed by atoms with E-state index in [1.165, 1.54) is 5.56 Å². The van der Waals surface area contributed by atoms with Crippen molar-refractivity contribution in [1.29, 1.82) is 0 Å². The van der Waals surface area contributed by atoms with Gasteiger partial charge < -0.3 is 35.4 Å². The molecule has 0 saturated carbocycles. The maximum Gasteiger partial charge on any atom is 0.410 e. The lowest BCUT2D eigenvalue weighted by molar-refractivity contribution is 0.0191. The molecule has 4 N–H and O–H groups in total. The Bertz CT molecular complexity index is 1350. The van der Waals surface area contributed by atoms with Crippen molar-refractivity contribution in [1.82, 2.24) is 15.1 Å². The van der Waals surface area contributed by atoms with Crippen LogP contribution in [0.5, 0.6) is 0 Å². The molecule has 0 unspecified atom stereocenters. The molecule has 4 rings (SSSR count). The first kappa shape index (κ1) is 42.7. The summed E-state index contributed by atoms with van der Waals surface area (Å²) in [5, 5.41) is 10.6. The number of rotatable bonds is 4. The van der Waals surface area contributed by atoms with Crippen molar-refractivity contribution < 1.29 is 29.0 Å². The van der Waals surface area contributed by atoms with E-state index in [1.54, 1.807) is 34.1 Å². The zero-order chi connectivity index (χ0) is 37.0. The number of benzene rings is 2. The first-order valence-corrected chi connectivity index (χ1v) is 16.6. The van der Waals surface area contributed by atoms with E-state index in [-0.39, 0.29) is 18.2 Å². The Kier molecular flexibility index (Phi) is 18.8. The SMILES string of the molecule is C#Cc1ccc(C=O)cc1.C#Cc1ccc(CNC2CCN(C(=O)OC(C)(C)C)CC2)cc1.CC(C)(C)OC(=O)N1CCC(N)CC1.CO. The zero-order valence-corrected chi connectivity index (χ0v) is 30.3. The average molecular weight is 677 g/mol. The Labute approximate surface area is 293 Å². The zero-order valence-electron chi connectivity index (χ0n) is 30.3. The van der Waals surface area contributed by atoms with E-state index in [0.717, 1.165) is 82.9 Å². The van der Waals surface area contributed by atoms with E-state index in [4.69, 9.17) is 33.2 Å². The number of terminal acetylenes is 2. The van der Waals surface area contributed by atoms with Crippen LogP contribution in [0.4, 0.5) is 9.59 Å². The smallest absolute Gasteiger partial charge is 0.410 e. The topological polar surface area (TPSA) is 134 Å². The minimum atomic E-state index is -0.434. The van der Waals surface area contributed by atoms with Crippen LogP contribution in [0.25, 0.3) is 0 Å². The lowest BCUT2D eigenvalue weighted by atomic mass is 10.0. The molecule has 2 aromatic carbocycles. The van der Waals surface area contributed by atoms with Crippen LogP contribution in [0.3, 0.4) is 0 Å². The summed E-state index contributed by atoms with van der Waals surface area (Å²) in [6, 6.07) is 15.6. The molecule has 0 bridgehead atoms. The number of likely N-dealkylation sites (tertiary alicyclic amines) is 2. The molecule has 10 heteroatoms. The third kappa shape index (κ3) is 18.1. The molecule has 49 heavy (non-hydrogen) atoms. The number of nitrogens with one attached hydrogen (secondary N) is 1.